The molecule has 0 bridgehead atoms. The summed E-state index contributed by atoms with van der Waals surface area (Å²) < 4.78 is 1.21. The Balaban J connectivity index is 1.41. The summed E-state index contributed by atoms with van der Waals surface area (Å²) in [6, 6.07) is 11.1. The van der Waals surface area contributed by atoms with Crippen molar-refractivity contribution in [1.82, 2.24) is 20.0 Å². The van der Waals surface area contributed by atoms with Crippen molar-refractivity contribution < 1.29 is 4.79 Å². The fraction of sp³-hybridized carbons (Fsp3) is 0.167. The monoisotopic (exact) mass is 397 g/mol. The Morgan fingerprint density at radius 3 is 2.89 bits per heavy atom. The summed E-state index contributed by atoms with van der Waals surface area (Å²) in [7, 11) is 0. The molecule has 9 heteroatoms. The lowest BCUT2D eigenvalue weighted by atomic mass is 10.2. The molecule has 0 aliphatic rings. The average Bonchev–Trinajstić information content (AvgIpc) is 3.30. The smallest absolute Gasteiger partial charge is 0.277 e. The maximum atomic E-state index is 12.4. The Morgan fingerprint density at radius 1 is 1.22 bits per heavy atom. The highest BCUT2D eigenvalue weighted by Gasteiger charge is 2.11. The third kappa shape index (κ3) is 3.79. The minimum absolute atomic E-state index is 0.111. The van der Waals surface area contributed by atoms with Crippen molar-refractivity contribution in [3.63, 3.8) is 0 Å². The van der Waals surface area contributed by atoms with Gasteiger partial charge in [0.25, 0.3) is 5.56 Å². The van der Waals surface area contributed by atoms with E-state index in [9.17, 15) is 9.59 Å². The molecule has 0 spiro atoms. The van der Waals surface area contributed by atoms with Crippen molar-refractivity contribution in [2.24, 2.45) is 0 Å². The number of rotatable bonds is 5. The third-order valence-corrected chi connectivity index (χ3v) is 5.70. The topological polar surface area (TPSA) is 89.8 Å². The van der Waals surface area contributed by atoms with Gasteiger partial charge in [-0.2, -0.15) is 0 Å². The molecule has 0 radical (unpaired) electrons. The van der Waals surface area contributed by atoms with Crippen LogP contribution in [0.5, 0.6) is 0 Å². The summed E-state index contributed by atoms with van der Waals surface area (Å²) in [5.41, 5.74) is 1.14. The number of amides is 1. The first-order valence-electron chi connectivity index (χ1n) is 8.25. The number of nitrogens with one attached hydrogen (secondary N) is 1. The molecule has 3 aromatic heterocycles. The Hall–Kier alpha value is -2.91. The summed E-state index contributed by atoms with van der Waals surface area (Å²) in [4.78, 5) is 31.3. The lowest BCUT2D eigenvalue weighted by Crippen LogP contribution is -2.26. The quantitative estimate of drug-likeness (QED) is 0.558. The first kappa shape index (κ1) is 17.5. The number of hydrogen-bond donors (Lipinski definition) is 1. The number of nitrogens with zero attached hydrogens (tertiary/aromatic N) is 4. The van der Waals surface area contributed by atoms with Crippen molar-refractivity contribution in [2.45, 2.75) is 19.9 Å². The zero-order chi connectivity index (χ0) is 18.8. The second-order valence-corrected chi connectivity index (χ2v) is 8.03. The summed E-state index contributed by atoms with van der Waals surface area (Å²) in [6.07, 6.45) is 0.111. The number of carbonyl (C=O) groups is 1. The van der Waals surface area contributed by atoms with E-state index in [0.29, 0.717) is 16.0 Å². The van der Waals surface area contributed by atoms with E-state index in [1.807, 2.05) is 24.4 Å². The van der Waals surface area contributed by atoms with Gasteiger partial charge in [0.2, 0.25) is 5.91 Å². The van der Waals surface area contributed by atoms with Gasteiger partial charge in [0.1, 0.15) is 5.52 Å². The second kappa shape index (κ2) is 7.37. The van der Waals surface area contributed by atoms with Crippen LogP contribution in [0.15, 0.2) is 46.6 Å². The predicted octanol–water partition coefficient (Wildman–Crippen LogP) is 3.31. The number of aromatic nitrogens is 4. The van der Waals surface area contributed by atoms with Crippen LogP contribution in [0.1, 0.15) is 11.3 Å². The minimum atomic E-state index is -0.252. The fourth-order valence-corrected chi connectivity index (χ4v) is 4.21. The average molecular weight is 397 g/mol. The Morgan fingerprint density at radius 2 is 2.07 bits per heavy atom. The third-order valence-electron chi connectivity index (χ3n) is 3.92. The number of benzene rings is 1. The first-order chi connectivity index (χ1) is 13.1. The van der Waals surface area contributed by atoms with E-state index in [1.165, 1.54) is 20.9 Å². The fourth-order valence-electron chi connectivity index (χ4n) is 2.58. The first-order valence-corrected chi connectivity index (χ1v) is 9.94. The van der Waals surface area contributed by atoms with Gasteiger partial charge in [0, 0.05) is 16.7 Å². The highest BCUT2D eigenvalue weighted by atomic mass is 32.1. The van der Waals surface area contributed by atoms with Crippen molar-refractivity contribution in [1.29, 1.82) is 0 Å². The van der Waals surface area contributed by atoms with E-state index in [-0.39, 0.29) is 24.4 Å². The zero-order valence-corrected chi connectivity index (χ0v) is 16.0. The highest BCUT2D eigenvalue weighted by Crippen LogP contribution is 2.30. The van der Waals surface area contributed by atoms with Gasteiger partial charge in [-0.25, -0.2) is 9.67 Å². The normalized spacial score (nSPS) is 11.0. The second-order valence-electron chi connectivity index (χ2n) is 5.88. The van der Waals surface area contributed by atoms with Gasteiger partial charge in [0.05, 0.1) is 22.5 Å². The van der Waals surface area contributed by atoms with E-state index in [1.54, 1.807) is 35.6 Å². The molecule has 4 aromatic rings. The van der Waals surface area contributed by atoms with Crippen LogP contribution in [-0.2, 0) is 11.3 Å². The van der Waals surface area contributed by atoms with E-state index >= 15 is 0 Å². The van der Waals surface area contributed by atoms with E-state index in [4.69, 9.17) is 0 Å². The molecule has 1 aromatic carbocycles. The number of aryl methyl sites for hydroxylation is 2. The lowest BCUT2D eigenvalue weighted by molar-refractivity contribution is -0.116. The molecule has 0 saturated carbocycles. The Labute approximate surface area is 162 Å². The minimum Gasteiger partial charge on any atom is -0.302 e. The van der Waals surface area contributed by atoms with Gasteiger partial charge in [-0.1, -0.05) is 17.3 Å². The van der Waals surface area contributed by atoms with Crippen LogP contribution in [0.3, 0.4) is 0 Å². The van der Waals surface area contributed by atoms with Crippen molar-refractivity contribution in [3.05, 3.63) is 57.0 Å². The van der Waals surface area contributed by atoms with Crippen LogP contribution in [0.2, 0.25) is 0 Å². The standard InChI is InChI=1S/C18H15N5O2S2/c1-11-6-7-15(27-11)14-10-26-18(19-14)20-16(24)8-9-23-17(25)12-4-2-3-5-13(12)21-22-23/h2-7,10H,8-9H2,1H3,(H,19,20,24). The Kier molecular flexibility index (Phi) is 4.78. The van der Waals surface area contributed by atoms with E-state index in [0.717, 1.165) is 10.6 Å². The molecule has 27 heavy (non-hydrogen) atoms. The zero-order valence-electron chi connectivity index (χ0n) is 14.4. The highest BCUT2D eigenvalue weighted by molar-refractivity contribution is 7.17. The Bertz CT molecular complexity index is 1180. The van der Waals surface area contributed by atoms with E-state index in [2.05, 4.69) is 20.6 Å². The summed E-state index contributed by atoms with van der Waals surface area (Å²) in [5.74, 6) is -0.222. The van der Waals surface area contributed by atoms with Gasteiger partial charge in [0.15, 0.2) is 5.13 Å². The maximum Gasteiger partial charge on any atom is 0.277 e. The van der Waals surface area contributed by atoms with Crippen LogP contribution in [0.4, 0.5) is 5.13 Å². The van der Waals surface area contributed by atoms with E-state index < -0.39 is 0 Å². The molecule has 3 heterocycles. The van der Waals surface area contributed by atoms with Crippen molar-refractivity contribution in [3.8, 4) is 10.6 Å². The number of fused-ring (bicyclic) bond motifs is 1. The molecule has 0 saturated heterocycles. The number of anilines is 1. The van der Waals surface area contributed by atoms with Gasteiger partial charge in [-0.05, 0) is 31.2 Å². The molecule has 136 valence electrons. The van der Waals surface area contributed by atoms with Crippen LogP contribution in [-0.4, -0.2) is 25.9 Å². The number of thiazole rings is 1. The summed E-state index contributed by atoms with van der Waals surface area (Å²) >= 11 is 3.04. The molecule has 7 nitrogen and oxygen atoms in total. The molecule has 0 fully saturated rings. The maximum absolute atomic E-state index is 12.4. The number of carbonyl (C=O) groups excluding carboxylic acids is 1. The molecule has 0 unspecified atom stereocenters. The van der Waals surface area contributed by atoms with Gasteiger partial charge in [-0.3, -0.25) is 9.59 Å². The van der Waals surface area contributed by atoms with Crippen LogP contribution < -0.4 is 10.9 Å². The van der Waals surface area contributed by atoms with Crippen LogP contribution in [0.25, 0.3) is 21.5 Å². The number of thiophene rings is 1. The van der Waals surface area contributed by atoms with Gasteiger partial charge < -0.3 is 5.32 Å². The number of hydrogen-bond acceptors (Lipinski definition) is 7. The molecule has 1 amide bonds. The van der Waals surface area contributed by atoms with Crippen LogP contribution in [0, 0.1) is 6.92 Å². The molecular formula is C18H15N5O2S2. The van der Waals surface area contributed by atoms with Crippen molar-refractivity contribution in [2.75, 3.05) is 5.32 Å². The molecule has 4 rings (SSSR count). The van der Waals surface area contributed by atoms with Gasteiger partial charge >= 0.3 is 0 Å². The largest absolute Gasteiger partial charge is 0.302 e. The molecule has 0 aliphatic carbocycles. The molecule has 0 aliphatic heterocycles. The SMILES string of the molecule is Cc1ccc(-c2csc(NC(=O)CCn3nnc4ccccc4c3=O)n2)s1. The van der Waals surface area contributed by atoms with Gasteiger partial charge in [-0.15, -0.1) is 27.8 Å². The summed E-state index contributed by atoms with van der Waals surface area (Å²) in [6.45, 7) is 2.20. The molecular weight excluding hydrogens is 382 g/mol. The lowest BCUT2D eigenvalue weighted by Gasteiger charge is -2.04. The predicted molar refractivity (Wildman–Crippen MR) is 107 cm³/mol. The molecule has 1 N–H and O–H groups in total. The van der Waals surface area contributed by atoms with Crippen LogP contribution >= 0.6 is 22.7 Å². The van der Waals surface area contributed by atoms with Crippen molar-refractivity contribution >= 4 is 44.6 Å². The summed E-state index contributed by atoms with van der Waals surface area (Å²) in [5, 5.41) is 13.6. The molecule has 0 atom stereocenters.